The lowest BCUT2D eigenvalue weighted by Crippen LogP contribution is -2.62. The Morgan fingerprint density at radius 3 is 2.55 bits per heavy atom. The minimum Gasteiger partial charge on any atom is -0.483 e. The lowest BCUT2D eigenvalue weighted by Gasteiger charge is -2.42. The quantitative estimate of drug-likeness (QED) is 0.806. The molecule has 1 aliphatic carbocycles. The molecule has 1 aromatic rings. The summed E-state index contributed by atoms with van der Waals surface area (Å²) in [5.74, 6) is -1.91. The molecule has 160 valence electrons. The second-order valence-corrected chi connectivity index (χ2v) is 8.96. The molecule has 1 aliphatic heterocycles. The van der Waals surface area contributed by atoms with Crippen LogP contribution in [0.15, 0.2) is 29.4 Å². The van der Waals surface area contributed by atoms with Gasteiger partial charge in [0.2, 0.25) is 0 Å². The number of amides is 1. The summed E-state index contributed by atoms with van der Waals surface area (Å²) in [5.41, 5.74) is -2.57. The van der Waals surface area contributed by atoms with Gasteiger partial charge < -0.3 is 9.84 Å². The van der Waals surface area contributed by atoms with Crippen molar-refractivity contribution in [2.24, 2.45) is 22.4 Å². The lowest BCUT2D eigenvalue weighted by atomic mass is 9.66. The van der Waals surface area contributed by atoms with E-state index in [2.05, 4.69) is 5.10 Å². The van der Waals surface area contributed by atoms with Crippen molar-refractivity contribution in [1.29, 1.82) is 0 Å². The predicted octanol–water partition coefficient (Wildman–Crippen LogP) is 4.29. The van der Waals surface area contributed by atoms with Crippen LogP contribution in [-0.2, 0) is 4.79 Å². The van der Waals surface area contributed by atoms with Crippen LogP contribution in [0.1, 0.15) is 45.6 Å². The highest BCUT2D eigenvalue weighted by atomic mass is 19.4. The van der Waals surface area contributed by atoms with Gasteiger partial charge in [-0.15, -0.1) is 0 Å². The van der Waals surface area contributed by atoms with E-state index in [-0.39, 0.29) is 28.5 Å². The van der Waals surface area contributed by atoms with Gasteiger partial charge in [0.05, 0.1) is 5.92 Å². The fraction of sp³-hybridized carbons (Fsp3) is 0.619. The molecule has 2 aliphatic rings. The molecule has 1 fully saturated rings. The summed E-state index contributed by atoms with van der Waals surface area (Å²) >= 11 is 0. The normalized spacial score (nSPS) is 27.4. The Morgan fingerprint density at radius 2 is 1.97 bits per heavy atom. The summed E-state index contributed by atoms with van der Waals surface area (Å²) < 4.78 is 47.5. The SMILES string of the molecule is Cc1ccccc1OCC(=O)N1N=C2CC[C@H](C(C)(C)C)C[C@H]2[C@@]1(O)C(F)(F)F. The standard InChI is InChI=1S/C21H27F3N2O3/c1-13-7-5-6-8-17(13)29-12-18(27)26-20(28,21(22,23)24)15-11-14(19(2,3)4)9-10-16(15)25-26/h5-8,14-15,28H,9-12H2,1-4H3/t14-,15+,20+/m0/s1. The third kappa shape index (κ3) is 3.86. The van der Waals surface area contributed by atoms with Gasteiger partial charge in [0, 0.05) is 5.71 Å². The molecule has 0 radical (unpaired) electrons. The van der Waals surface area contributed by atoms with Gasteiger partial charge in [0.15, 0.2) is 6.61 Å². The van der Waals surface area contributed by atoms with Crippen LogP contribution in [0.25, 0.3) is 0 Å². The van der Waals surface area contributed by atoms with E-state index in [4.69, 9.17) is 4.74 Å². The highest BCUT2D eigenvalue weighted by molar-refractivity contribution is 5.93. The minimum atomic E-state index is -5.04. The summed E-state index contributed by atoms with van der Waals surface area (Å²) in [6.07, 6.45) is -3.91. The van der Waals surface area contributed by atoms with Gasteiger partial charge in [0.1, 0.15) is 5.75 Å². The molecule has 0 unspecified atom stereocenters. The van der Waals surface area contributed by atoms with Gasteiger partial charge in [-0.1, -0.05) is 39.0 Å². The second kappa shape index (κ2) is 7.31. The molecule has 29 heavy (non-hydrogen) atoms. The van der Waals surface area contributed by atoms with E-state index in [1.54, 1.807) is 31.2 Å². The fourth-order valence-electron chi connectivity index (χ4n) is 4.17. The van der Waals surface area contributed by atoms with Crippen LogP contribution in [0.3, 0.4) is 0 Å². The molecule has 5 nitrogen and oxygen atoms in total. The zero-order valence-electron chi connectivity index (χ0n) is 17.1. The van der Waals surface area contributed by atoms with E-state index in [9.17, 15) is 23.1 Å². The van der Waals surface area contributed by atoms with Crippen molar-refractivity contribution < 1.29 is 27.8 Å². The Kier molecular flexibility index (Phi) is 5.45. The number of carbonyl (C=O) groups is 1. The first kappa shape index (κ1) is 21.6. The zero-order valence-corrected chi connectivity index (χ0v) is 17.1. The average Bonchev–Trinajstić information content (AvgIpc) is 2.94. The van der Waals surface area contributed by atoms with Gasteiger partial charge in [-0.3, -0.25) is 4.79 Å². The molecule has 1 heterocycles. The largest absolute Gasteiger partial charge is 0.483 e. The monoisotopic (exact) mass is 412 g/mol. The van der Waals surface area contributed by atoms with Crippen LogP contribution in [0.4, 0.5) is 13.2 Å². The van der Waals surface area contributed by atoms with Crippen molar-refractivity contribution in [3.63, 3.8) is 0 Å². The van der Waals surface area contributed by atoms with Crippen LogP contribution >= 0.6 is 0 Å². The van der Waals surface area contributed by atoms with Crippen molar-refractivity contribution in [1.82, 2.24) is 5.01 Å². The molecule has 1 aromatic carbocycles. The molecule has 1 saturated carbocycles. The maximum absolute atomic E-state index is 14.0. The lowest BCUT2D eigenvalue weighted by molar-refractivity contribution is -0.318. The molecule has 1 N–H and O–H groups in total. The molecule has 0 bridgehead atoms. The van der Waals surface area contributed by atoms with Crippen LogP contribution in [-0.4, -0.2) is 40.2 Å². The summed E-state index contributed by atoms with van der Waals surface area (Å²) in [7, 11) is 0. The number of hydrogen-bond acceptors (Lipinski definition) is 4. The number of ether oxygens (including phenoxy) is 1. The van der Waals surface area contributed by atoms with E-state index in [0.717, 1.165) is 5.56 Å². The first-order valence-electron chi connectivity index (χ1n) is 9.73. The highest BCUT2D eigenvalue weighted by Gasteiger charge is 2.69. The Bertz CT molecular complexity index is 816. The number of hydrogen-bond donors (Lipinski definition) is 1. The third-order valence-electron chi connectivity index (χ3n) is 6.03. The highest BCUT2D eigenvalue weighted by Crippen LogP contribution is 2.51. The third-order valence-corrected chi connectivity index (χ3v) is 6.03. The first-order chi connectivity index (χ1) is 13.4. The van der Waals surface area contributed by atoms with E-state index < -0.39 is 30.3 Å². The van der Waals surface area contributed by atoms with E-state index in [1.807, 2.05) is 20.8 Å². The van der Waals surface area contributed by atoms with Crippen molar-refractivity contribution in [3.8, 4) is 5.75 Å². The average molecular weight is 412 g/mol. The first-order valence-corrected chi connectivity index (χ1v) is 9.73. The molecular weight excluding hydrogens is 385 g/mol. The number of aryl methyl sites for hydroxylation is 1. The number of hydrazone groups is 1. The van der Waals surface area contributed by atoms with E-state index in [1.165, 1.54) is 0 Å². The molecule has 3 atom stereocenters. The van der Waals surface area contributed by atoms with Gasteiger partial charge in [0.25, 0.3) is 11.6 Å². The Balaban J connectivity index is 1.85. The summed E-state index contributed by atoms with van der Waals surface area (Å²) in [6, 6.07) is 6.89. The molecule has 0 saturated heterocycles. The summed E-state index contributed by atoms with van der Waals surface area (Å²) in [5, 5.41) is 14.9. The maximum atomic E-state index is 14.0. The van der Waals surface area contributed by atoms with Crippen LogP contribution < -0.4 is 4.74 Å². The number of alkyl halides is 3. The van der Waals surface area contributed by atoms with Crippen molar-refractivity contribution in [2.45, 2.75) is 58.9 Å². The molecule has 0 spiro atoms. The van der Waals surface area contributed by atoms with Crippen LogP contribution in [0.2, 0.25) is 0 Å². The number of aliphatic hydroxyl groups is 1. The molecule has 0 aromatic heterocycles. The summed E-state index contributed by atoms with van der Waals surface area (Å²) in [6.45, 7) is 7.04. The second-order valence-electron chi connectivity index (χ2n) is 8.96. The van der Waals surface area contributed by atoms with Gasteiger partial charge in [-0.05, 0) is 49.1 Å². The van der Waals surface area contributed by atoms with Crippen LogP contribution in [0.5, 0.6) is 5.75 Å². The maximum Gasteiger partial charge on any atom is 0.439 e. The van der Waals surface area contributed by atoms with Crippen molar-refractivity contribution in [2.75, 3.05) is 6.61 Å². The van der Waals surface area contributed by atoms with Crippen molar-refractivity contribution >= 4 is 11.6 Å². The van der Waals surface area contributed by atoms with Gasteiger partial charge >= 0.3 is 6.18 Å². The minimum absolute atomic E-state index is 0.0152. The predicted molar refractivity (Wildman–Crippen MR) is 102 cm³/mol. The number of para-hydroxylation sites is 1. The number of benzene rings is 1. The topological polar surface area (TPSA) is 62.1 Å². The van der Waals surface area contributed by atoms with E-state index in [0.29, 0.717) is 18.6 Å². The Labute approximate surface area is 168 Å². The Hall–Kier alpha value is -2.09. The molecule has 3 rings (SSSR count). The van der Waals surface area contributed by atoms with Gasteiger partial charge in [-0.2, -0.15) is 23.3 Å². The number of fused-ring (bicyclic) bond motifs is 1. The van der Waals surface area contributed by atoms with E-state index >= 15 is 0 Å². The smallest absolute Gasteiger partial charge is 0.439 e. The Morgan fingerprint density at radius 1 is 1.31 bits per heavy atom. The summed E-state index contributed by atoms with van der Waals surface area (Å²) in [4.78, 5) is 12.6. The molecule has 1 amide bonds. The molecular formula is C21H27F3N2O3. The number of rotatable bonds is 3. The fourth-order valence-corrected chi connectivity index (χ4v) is 4.17. The van der Waals surface area contributed by atoms with Crippen molar-refractivity contribution in [3.05, 3.63) is 29.8 Å². The number of halogens is 3. The van der Waals surface area contributed by atoms with Gasteiger partial charge in [-0.25, -0.2) is 0 Å². The van der Waals surface area contributed by atoms with Crippen LogP contribution in [0, 0.1) is 24.2 Å². The zero-order chi connectivity index (χ0) is 21.6. The molecule has 8 heteroatoms. The number of carbonyl (C=O) groups excluding carboxylic acids is 1. The number of nitrogens with zero attached hydrogens (tertiary/aromatic N) is 2.